The molecule has 1 fully saturated rings. The van der Waals surface area contributed by atoms with Crippen LogP contribution < -0.4 is 15.4 Å². The van der Waals surface area contributed by atoms with E-state index in [2.05, 4.69) is 0 Å². The molecule has 0 bridgehead atoms. The Balaban J connectivity index is 2.27. The molecule has 5 heteroatoms. The summed E-state index contributed by atoms with van der Waals surface area (Å²) in [6, 6.07) is 5.43. The summed E-state index contributed by atoms with van der Waals surface area (Å²) in [6.07, 6.45) is 3.80. The molecule has 0 aliphatic heterocycles. The summed E-state index contributed by atoms with van der Waals surface area (Å²) in [5.41, 5.74) is 6.48. The standard InChI is InChI=1S/C15H23N3O2/c1-18(10-15(19)7-3-4-8-15)13-9-11(20-2)5-6-12(13)14(16)17/h5-6,9,19H,3-4,7-8,10H2,1-2H3,(H3,16,17). The molecule has 0 heterocycles. The lowest BCUT2D eigenvalue weighted by atomic mass is 10.0. The van der Waals surface area contributed by atoms with Crippen LogP contribution in [-0.4, -0.2) is 37.2 Å². The van der Waals surface area contributed by atoms with Crippen LogP contribution in [-0.2, 0) is 0 Å². The minimum atomic E-state index is -0.633. The maximum absolute atomic E-state index is 10.5. The van der Waals surface area contributed by atoms with Gasteiger partial charge in [-0.05, 0) is 25.0 Å². The second-order valence-electron chi connectivity index (χ2n) is 5.58. The molecule has 1 aliphatic rings. The minimum absolute atomic E-state index is 0.0212. The van der Waals surface area contributed by atoms with Crippen LogP contribution in [0.3, 0.4) is 0 Å². The monoisotopic (exact) mass is 277 g/mol. The molecule has 1 aliphatic carbocycles. The highest BCUT2D eigenvalue weighted by atomic mass is 16.5. The smallest absolute Gasteiger partial charge is 0.124 e. The van der Waals surface area contributed by atoms with Crippen LogP contribution in [0.5, 0.6) is 5.75 Å². The normalized spacial score (nSPS) is 16.9. The Labute approximate surface area is 119 Å². The van der Waals surface area contributed by atoms with Gasteiger partial charge < -0.3 is 20.5 Å². The third kappa shape index (κ3) is 3.04. The first-order valence-electron chi connectivity index (χ1n) is 6.91. The number of likely N-dealkylation sites (N-methyl/N-ethyl adjacent to an activating group) is 1. The van der Waals surface area contributed by atoms with Crippen LogP contribution in [0.4, 0.5) is 5.69 Å². The van der Waals surface area contributed by atoms with Crippen molar-refractivity contribution in [1.82, 2.24) is 0 Å². The number of hydrogen-bond acceptors (Lipinski definition) is 4. The number of ether oxygens (including phenoxy) is 1. The maximum Gasteiger partial charge on any atom is 0.124 e. The third-order valence-corrected chi connectivity index (χ3v) is 3.97. The summed E-state index contributed by atoms with van der Waals surface area (Å²) in [5.74, 6) is 0.739. The van der Waals surface area contributed by atoms with Gasteiger partial charge in [0.05, 0.1) is 18.4 Å². The van der Waals surface area contributed by atoms with E-state index in [-0.39, 0.29) is 5.84 Å². The molecule has 110 valence electrons. The highest BCUT2D eigenvalue weighted by Gasteiger charge is 2.32. The van der Waals surface area contributed by atoms with Gasteiger partial charge in [0, 0.05) is 25.2 Å². The van der Waals surface area contributed by atoms with Gasteiger partial charge in [0.2, 0.25) is 0 Å². The number of benzene rings is 1. The van der Waals surface area contributed by atoms with Crippen molar-refractivity contribution in [3.05, 3.63) is 23.8 Å². The molecule has 0 atom stereocenters. The maximum atomic E-state index is 10.5. The second kappa shape index (κ2) is 5.71. The summed E-state index contributed by atoms with van der Waals surface area (Å²) < 4.78 is 5.23. The number of amidine groups is 1. The van der Waals surface area contributed by atoms with E-state index in [4.69, 9.17) is 15.9 Å². The molecular formula is C15H23N3O2. The summed E-state index contributed by atoms with van der Waals surface area (Å²) in [5, 5.41) is 18.2. The molecule has 20 heavy (non-hydrogen) atoms. The Morgan fingerprint density at radius 3 is 2.65 bits per heavy atom. The fourth-order valence-electron chi connectivity index (χ4n) is 2.90. The number of methoxy groups -OCH3 is 1. The number of aliphatic hydroxyl groups is 1. The van der Waals surface area contributed by atoms with E-state index in [1.807, 2.05) is 18.0 Å². The van der Waals surface area contributed by atoms with Crippen molar-refractivity contribution < 1.29 is 9.84 Å². The molecule has 0 amide bonds. The van der Waals surface area contributed by atoms with Crippen LogP contribution in [0, 0.1) is 5.41 Å². The quantitative estimate of drug-likeness (QED) is 0.565. The van der Waals surface area contributed by atoms with E-state index in [1.165, 1.54) is 0 Å². The van der Waals surface area contributed by atoms with Gasteiger partial charge in [-0.3, -0.25) is 5.41 Å². The summed E-state index contributed by atoms with van der Waals surface area (Å²) in [7, 11) is 3.52. The molecule has 0 radical (unpaired) electrons. The molecule has 5 nitrogen and oxygen atoms in total. The van der Waals surface area contributed by atoms with Crippen LogP contribution in [0.25, 0.3) is 0 Å². The van der Waals surface area contributed by atoms with Crippen molar-refractivity contribution in [2.45, 2.75) is 31.3 Å². The molecule has 0 saturated heterocycles. The number of rotatable bonds is 5. The van der Waals surface area contributed by atoms with Crippen molar-refractivity contribution in [2.24, 2.45) is 5.73 Å². The van der Waals surface area contributed by atoms with Gasteiger partial charge >= 0.3 is 0 Å². The molecule has 1 aromatic carbocycles. The zero-order valence-electron chi connectivity index (χ0n) is 12.1. The highest BCUT2D eigenvalue weighted by Crippen LogP contribution is 2.33. The van der Waals surface area contributed by atoms with E-state index in [1.54, 1.807) is 19.2 Å². The average Bonchev–Trinajstić information content (AvgIpc) is 2.84. The van der Waals surface area contributed by atoms with Gasteiger partial charge in [-0.1, -0.05) is 12.8 Å². The van der Waals surface area contributed by atoms with Crippen molar-refractivity contribution in [2.75, 3.05) is 25.6 Å². The van der Waals surface area contributed by atoms with Gasteiger partial charge in [0.25, 0.3) is 0 Å². The zero-order chi connectivity index (χ0) is 14.8. The molecular weight excluding hydrogens is 254 g/mol. The highest BCUT2D eigenvalue weighted by molar-refractivity contribution is 6.00. The summed E-state index contributed by atoms with van der Waals surface area (Å²) in [4.78, 5) is 1.96. The predicted molar refractivity (Wildman–Crippen MR) is 80.7 cm³/mol. The van der Waals surface area contributed by atoms with Crippen LogP contribution in [0.2, 0.25) is 0 Å². The summed E-state index contributed by atoms with van der Waals surface area (Å²) in [6.45, 7) is 0.542. The Hall–Kier alpha value is -1.75. The number of nitrogens with two attached hydrogens (primary N) is 1. The first-order chi connectivity index (χ1) is 9.45. The Kier molecular flexibility index (Phi) is 4.18. The first-order valence-corrected chi connectivity index (χ1v) is 6.91. The lowest BCUT2D eigenvalue weighted by molar-refractivity contribution is 0.0559. The van der Waals surface area contributed by atoms with Crippen LogP contribution in [0.1, 0.15) is 31.2 Å². The van der Waals surface area contributed by atoms with E-state index >= 15 is 0 Å². The molecule has 2 rings (SSSR count). The van der Waals surface area contributed by atoms with Gasteiger partial charge in [-0.25, -0.2) is 0 Å². The number of nitrogens with zero attached hydrogens (tertiary/aromatic N) is 1. The molecule has 0 spiro atoms. The van der Waals surface area contributed by atoms with Crippen molar-refractivity contribution >= 4 is 11.5 Å². The molecule has 1 saturated carbocycles. The molecule has 0 aromatic heterocycles. The number of nitrogens with one attached hydrogen (secondary N) is 1. The average molecular weight is 277 g/mol. The van der Waals surface area contributed by atoms with Crippen molar-refractivity contribution in [1.29, 1.82) is 5.41 Å². The lowest BCUT2D eigenvalue weighted by Gasteiger charge is -2.31. The van der Waals surface area contributed by atoms with Gasteiger partial charge in [-0.2, -0.15) is 0 Å². The van der Waals surface area contributed by atoms with Crippen LogP contribution >= 0.6 is 0 Å². The largest absolute Gasteiger partial charge is 0.497 e. The summed E-state index contributed by atoms with van der Waals surface area (Å²) >= 11 is 0. The SMILES string of the molecule is COc1ccc(C(=N)N)c(N(C)CC2(O)CCCC2)c1. The predicted octanol–water partition coefficient (Wildman–Crippen LogP) is 1.72. The fourth-order valence-corrected chi connectivity index (χ4v) is 2.90. The van der Waals surface area contributed by atoms with Crippen molar-refractivity contribution in [3.63, 3.8) is 0 Å². The van der Waals surface area contributed by atoms with Crippen LogP contribution in [0.15, 0.2) is 18.2 Å². The minimum Gasteiger partial charge on any atom is -0.497 e. The second-order valence-corrected chi connectivity index (χ2v) is 5.58. The van der Waals surface area contributed by atoms with Gasteiger partial charge in [0.1, 0.15) is 11.6 Å². The van der Waals surface area contributed by atoms with Crippen molar-refractivity contribution in [3.8, 4) is 5.75 Å². The number of anilines is 1. The third-order valence-electron chi connectivity index (χ3n) is 3.97. The lowest BCUT2D eigenvalue weighted by Crippen LogP contribution is -2.40. The van der Waals surface area contributed by atoms with E-state index in [0.29, 0.717) is 12.1 Å². The molecule has 1 aromatic rings. The van der Waals surface area contributed by atoms with Gasteiger partial charge in [-0.15, -0.1) is 0 Å². The zero-order valence-corrected chi connectivity index (χ0v) is 12.1. The number of hydrogen-bond donors (Lipinski definition) is 3. The topological polar surface area (TPSA) is 82.6 Å². The van der Waals surface area contributed by atoms with E-state index in [9.17, 15) is 5.11 Å². The Morgan fingerprint density at radius 2 is 2.10 bits per heavy atom. The molecule has 0 unspecified atom stereocenters. The first kappa shape index (κ1) is 14.7. The van der Waals surface area contributed by atoms with E-state index < -0.39 is 5.60 Å². The molecule has 4 N–H and O–H groups in total. The Morgan fingerprint density at radius 1 is 1.45 bits per heavy atom. The van der Waals surface area contributed by atoms with Gasteiger partial charge in [0.15, 0.2) is 0 Å². The fraction of sp³-hybridized carbons (Fsp3) is 0.533. The number of nitrogen functional groups attached to an aromatic ring is 1. The Bertz CT molecular complexity index is 496. The van der Waals surface area contributed by atoms with E-state index in [0.717, 1.165) is 37.1 Å².